The van der Waals surface area contributed by atoms with Crippen LogP contribution < -0.4 is 20.1 Å². The molecule has 0 spiro atoms. The largest absolute Gasteiger partial charge is 0.508 e. The highest BCUT2D eigenvalue weighted by atomic mass is 16.5. The Kier molecular flexibility index (Phi) is 10.9. The lowest BCUT2D eigenvalue weighted by molar-refractivity contribution is 0.0941. The molecule has 12 heteroatoms. The summed E-state index contributed by atoms with van der Waals surface area (Å²) >= 11 is 0. The molecule has 0 aliphatic heterocycles. The van der Waals surface area contributed by atoms with Gasteiger partial charge in [0.1, 0.15) is 23.0 Å². The first-order valence-corrected chi connectivity index (χ1v) is 12.8. The Morgan fingerprint density at radius 1 is 0.605 bits per heavy atom. The van der Waals surface area contributed by atoms with Crippen LogP contribution in [-0.2, 0) is 13.0 Å². The summed E-state index contributed by atoms with van der Waals surface area (Å²) in [5, 5.41) is 61.8. The lowest BCUT2D eigenvalue weighted by atomic mass is 10.1. The molecule has 0 saturated heterocycles. The number of rotatable bonds is 9. The number of benzene rings is 4. The minimum atomic E-state index is -0.518. The standard InChI is InChI=1S/C17H19NO5.C14H13NO5/c1-22-12-4-6-14(19)13(10-12)17(21)18-8-7-11-3-5-15(20)16(9-11)23-2;16-9-2-3-10(12(18)6-9)14(20)15-7-8-1-4-11(17)13(19)5-8/h3-6,9-10,19-20H,7-8H2,1-2H3,(H,18,21);1-6,16-19H,7H2,(H,15,20). The van der Waals surface area contributed by atoms with Gasteiger partial charge in [0.15, 0.2) is 23.0 Å². The van der Waals surface area contributed by atoms with Crippen LogP contribution in [0.25, 0.3) is 0 Å². The van der Waals surface area contributed by atoms with Crippen molar-refractivity contribution < 1.29 is 49.7 Å². The second-order valence-corrected chi connectivity index (χ2v) is 9.10. The van der Waals surface area contributed by atoms with E-state index in [2.05, 4.69) is 10.6 Å². The molecule has 4 rings (SSSR count). The minimum Gasteiger partial charge on any atom is -0.508 e. The van der Waals surface area contributed by atoms with Crippen LogP contribution >= 0.6 is 0 Å². The number of aromatic hydroxyl groups is 6. The van der Waals surface area contributed by atoms with E-state index in [1.807, 2.05) is 0 Å². The monoisotopic (exact) mass is 592 g/mol. The number of phenols is 6. The second-order valence-electron chi connectivity index (χ2n) is 9.10. The maximum absolute atomic E-state index is 12.1. The minimum absolute atomic E-state index is 0.0331. The van der Waals surface area contributed by atoms with E-state index in [1.165, 1.54) is 50.6 Å². The molecule has 0 radical (unpaired) electrons. The first-order chi connectivity index (χ1) is 20.5. The number of hydrogen-bond acceptors (Lipinski definition) is 10. The molecule has 226 valence electrons. The highest BCUT2D eigenvalue weighted by Crippen LogP contribution is 2.27. The van der Waals surface area contributed by atoms with Crippen LogP contribution in [0.3, 0.4) is 0 Å². The number of ether oxygens (including phenoxy) is 2. The third-order valence-corrected chi connectivity index (χ3v) is 6.11. The zero-order valence-electron chi connectivity index (χ0n) is 23.4. The molecule has 0 aliphatic rings. The Morgan fingerprint density at radius 3 is 1.95 bits per heavy atom. The van der Waals surface area contributed by atoms with E-state index in [0.717, 1.165) is 11.6 Å². The quantitative estimate of drug-likeness (QED) is 0.133. The molecule has 0 aliphatic carbocycles. The fourth-order valence-corrected chi connectivity index (χ4v) is 3.79. The van der Waals surface area contributed by atoms with Crippen molar-refractivity contribution in [3.8, 4) is 46.0 Å². The molecular formula is C31H32N2O10. The lowest BCUT2D eigenvalue weighted by Gasteiger charge is -2.09. The van der Waals surface area contributed by atoms with E-state index in [4.69, 9.17) is 19.7 Å². The number of phenolic OH excluding ortho intramolecular Hbond substituents is 6. The summed E-state index contributed by atoms with van der Waals surface area (Å²) in [6.45, 7) is 0.496. The third kappa shape index (κ3) is 8.85. The van der Waals surface area contributed by atoms with Crippen molar-refractivity contribution in [3.05, 3.63) is 95.1 Å². The SMILES string of the molecule is COc1ccc(O)c(C(=O)NCCc2ccc(O)c(OC)c2)c1.O=C(NCc1ccc(O)c(O)c1)c1ccc(O)cc1O. The smallest absolute Gasteiger partial charge is 0.255 e. The van der Waals surface area contributed by atoms with E-state index in [9.17, 15) is 30.0 Å². The summed E-state index contributed by atoms with van der Waals surface area (Å²) in [6.07, 6.45) is 0.563. The predicted molar refractivity (Wildman–Crippen MR) is 156 cm³/mol. The van der Waals surface area contributed by atoms with E-state index in [0.29, 0.717) is 30.0 Å². The maximum atomic E-state index is 12.1. The molecule has 0 fully saturated rings. The van der Waals surface area contributed by atoms with Crippen molar-refractivity contribution in [3.63, 3.8) is 0 Å². The zero-order valence-corrected chi connectivity index (χ0v) is 23.4. The van der Waals surface area contributed by atoms with Crippen molar-refractivity contribution in [1.29, 1.82) is 0 Å². The van der Waals surface area contributed by atoms with Crippen LogP contribution in [0.15, 0.2) is 72.8 Å². The summed E-state index contributed by atoms with van der Waals surface area (Å²) < 4.78 is 10.1. The van der Waals surface area contributed by atoms with Gasteiger partial charge in [-0.3, -0.25) is 9.59 Å². The van der Waals surface area contributed by atoms with Crippen LogP contribution in [0.1, 0.15) is 31.8 Å². The Morgan fingerprint density at radius 2 is 1.28 bits per heavy atom. The fraction of sp³-hybridized carbons (Fsp3) is 0.161. The van der Waals surface area contributed by atoms with Gasteiger partial charge >= 0.3 is 0 Å². The van der Waals surface area contributed by atoms with Gasteiger partial charge in [-0.25, -0.2) is 0 Å². The predicted octanol–water partition coefficient (Wildman–Crippen LogP) is 3.53. The first-order valence-electron chi connectivity index (χ1n) is 12.8. The van der Waals surface area contributed by atoms with Crippen molar-refractivity contribution in [2.45, 2.75) is 13.0 Å². The van der Waals surface area contributed by atoms with E-state index < -0.39 is 5.91 Å². The summed E-state index contributed by atoms with van der Waals surface area (Å²) in [6, 6.07) is 17.3. The molecule has 4 aromatic rings. The Bertz CT molecular complexity index is 1590. The molecule has 0 saturated carbocycles. The molecule has 4 aromatic carbocycles. The molecule has 0 bridgehead atoms. The van der Waals surface area contributed by atoms with Crippen LogP contribution in [0.5, 0.6) is 46.0 Å². The number of carbonyl (C=O) groups excluding carboxylic acids is 2. The van der Waals surface area contributed by atoms with Gasteiger partial charge in [0.25, 0.3) is 11.8 Å². The summed E-state index contributed by atoms with van der Waals surface area (Å²) in [5.74, 6) is -1.02. The van der Waals surface area contributed by atoms with Crippen LogP contribution in [0, 0.1) is 0 Å². The van der Waals surface area contributed by atoms with Crippen LogP contribution in [-0.4, -0.2) is 63.2 Å². The molecular weight excluding hydrogens is 560 g/mol. The van der Waals surface area contributed by atoms with Crippen molar-refractivity contribution in [2.75, 3.05) is 20.8 Å². The van der Waals surface area contributed by atoms with Gasteiger partial charge in [-0.15, -0.1) is 0 Å². The summed E-state index contributed by atoms with van der Waals surface area (Å²) in [5.41, 5.74) is 1.69. The second kappa shape index (κ2) is 14.7. The number of carbonyl (C=O) groups is 2. The average Bonchev–Trinajstić information content (AvgIpc) is 2.99. The van der Waals surface area contributed by atoms with Gasteiger partial charge in [-0.1, -0.05) is 12.1 Å². The molecule has 0 unspecified atom stereocenters. The van der Waals surface area contributed by atoms with E-state index >= 15 is 0 Å². The highest BCUT2D eigenvalue weighted by Gasteiger charge is 2.13. The van der Waals surface area contributed by atoms with Crippen molar-refractivity contribution >= 4 is 11.8 Å². The normalized spacial score (nSPS) is 10.2. The van der Waals surface area contributed by atoms with Gasteiger partial charge < -0.3 is 50.7 Å². The maximum Gasteiger partial charge on any atom is 0.255 e. The molecule has 0 aromatic heterocycles. The van der Waals surface area contributed by atoms with Crippen molar-refractivity contribution in [2.24, 2.45) is 0 Å². The highest BCUT2D eigenvalue weighted by molar-refractivity contribution is 5.97. The molecule has 8 N–H and O–H groups in total. The van der Waals surface area contributed by atoms with Crippen molar-refractivity contribution in [1.82, 2.24) is 10.6 Å². The van der Waals surface area contributed by atoms with E-state index in [-0.39, 0.29) is 58.1 Å². The van der Waals surface area contributed by atoms with Gasteiger partial charge in [0, 0.05) is 19.2 Å². The van der Waals surface area contributed by atoms with Gasteiger partial charge in [0.2, 0.25) is 0 Å². The first kappa shape index (κ1) is 31.7. The molecule has 0 heterocycles. The Balaban J connectivity index is 0.000000238. The van der Waals surface area contributed by atoms with Crippen LogP contribution in [0.4, 0.5) is 0 Å². The third-order valence-electron chi connectivity index (χ3n) is 6.11. The fourth-order valence-electron chi connectivity index (χ4n) is 3.79. The zero-order chi connectivity index (χ0) is 31.5. The van der Waals surface area contributed by atoms with Crippen LogP contribution in [0.2, 0.25) is 0 Å². The topological polar surface area (TPSA) is 198 Å². The molecule has 43 heavy (non-hydrogen) atoms. The lowest BCUT2D eigenvalue weighted by Crippen LogP contribution is -2.25. The summed E-state index contributed by atoms with van der Waals surface area (Å²) in [4.78, 5) is 23.9. The van der Waals surface area contributed by atoms with Gasteiger partial charge in [0.05, 0.1) is 25.3 Å². The molecule has 2 amide bonds. The van der Waals surface area contributed by atoms with Gasteiger partial charge in [-0.2, -0.15) is 0 Å². The Labute approximate surface area is 247 Å². The number of nitrogens with one attached hydrogen (secondary N) is 2. The molecule has 0 atom stereocenters. The number of hydrogen-bond donors (Lipinski definition) is 8. The Hall–Kier alpha value is -5.78. The molecule has 12 nitrogen and oxygen atoms in total. The van der Waals surface area contributed by atoms with Gasteiger partial charge in [-0.05, 0) is 72.1 Å². The average molecular weight is 593 g/mol. The number of amides is 2. The number of methoxy groups -OCH3 is 2. The van der Waals surface area contributed by atoms with E-state index in [1.54, 1.807) is 30.3 Å². The summed E-state index contributed by atoms with van der Waals surface area (Å²) in [7, 11) is 2.97.